The maximum atomic E-state index is 13.2. The van der Waals surface area contributed by atoms with Gasteiger partial charge in [-0.05, 0) is 55.3 Å². The summed E-state index contributed by atoms with van der Waals surface area (Å²) in [5, 5.41) is 13.3. The van der Waals surface area contributed by atoms with Crippen molar-refractivity contribution < 1.29 is 29.0 Å². The van der Waals surface area contributed by atoms with Crippen molar-refractivity contribution in [2.24, 2.45) is 10.7 Å². The number of carbonyl (C=O) groups excluding carboxylic acids is 3. The van der Waals surface area contributed by atoms with Gasteiger partial charge in [0.15, 0.2) is 12.2 Å². The van der Waals surface area contributed by atoms with Crippen LogP contribution in [0.15, 0.2) is 47.5 Å². The van der Waals surface area contributed by atoms with Crippen molar-refractivity contribution in [1.29, 1.82) is 0 Å². The first-order valence-corrected chi connectivity index (χ1v) is 11.2. The number of benzene rings is 2. The normalized spacial score (nSPS) is 18.5. The minimum absolute atomic E-state index is 0.126. The molecule has 2 aromatic carbocycles. The molecule has 0 saturated carbocycles. The highest BCUT2D eigenvalue weighted by atomic mass is 16.5. The number of methoxy groups -OCH3 is 1. The number of amides is 2. The molecule has 1 fully saturated rings. The molecule has 10 heteroatoms. The van der Waals surface area contributed by atoms with E-state index >= 15 is 0 Å². The van der Waals surface area contributed by atoms with Crippen molar-refractivity contribution >= 4 is 35.0 Å². The van der Waals surface area contributed by atoms with Gasteiger partial charge in [-0.1, -0.05) is 12.1 Å². The van der Waals surface area contributed by atoms with Crippen LogP contribution < -0.4 is 16.0 Å². The molecular weight excluding hydrogens is 452 g/mol. The lowest BCUT2D eigenvalue weighted by atomic mass is 9.84. The first kappa shape index (κ1) is 24.4. The molecule has 0 aromatic heterocycles. The Kier molecular flexibility index (Phi) is 6.60. The summed E-state index contributed by atoms with van der Waals surface area (Å²) in [4.78, 5) is 43.8. The quantitative estimate of drug-likeness (QED) is 0.525. The van der Waals surface area contributed by atoms with Crippen LogP contribution in [0.3, 0.4) is 0 Å². The standard InChI is InChI=1S/C25H28N4O6/c1-25(2,24(33)34-3)15-5-4-6-17(12-15)29-9-10-35-20(23(29)32)19(30)22(31)28-16-7-8-18-14(11-16)13-27-21(18)26/h4-8,11-12,19-20,30H,9-10,13H2,1-3H3,(H2,26,27)(H,28,31)/t19-,20-/m1/s1. The molecule has 1 saturated heterocycles. The summed E-state index contributed by atoms with van der Waals surface area (Å²) in [7, 11) is 1.32. The Morgan fingerprint density at radius 2 is 2.06 bits per heavy atom. The van der Waals surface area contributed by atoms with Crippen LogP contribution in [0.4, 0.5) is 11.4 Å². The minimum Gasteiger partial charge on any atom is -0.468 e. The monoisotopic (exact) mass is 480 g/mol. The molecule has 0 radical (unpaired) electrons. The number of ether oxygens (including phenoxy) is 2. The van der Waals surface area contributed by atoms with Crippen molar-refractivity contribution in [2.45, 2.75) is 38.0 Å². The predicted molar refractivity (Wildman–Crippen MR) is 129 cm³/mol. The zero-order chi connectivity index (χ0) is 25.3. The van der Waals surface area contributed by atoms with E-state index in [2.05, 4.69) is 10.3 Å². The Bertz CT molecular complexity index is 1210. The van der Waals surface area contributed by atoms with Gasteiger partial charge in [-0.15, -0.1) is 0 Å². The first-order valence-electron chi connectivity index (χ1n) is 11.2. The number of nitrogens with zero attached hydrogens (tertiary/aromatic N) is 2. The lowest BCUT2D eigenvalue weighted by molar-refractivity contribution is -0.150. The molecule has 2 aromatic rings. The third kappa shape index (κ3) is 4.62. The van der Waals surface area contributed by atoms with Crippen LogP contribution >= 0.6 is 0 Å². The van der Waals surface area contributed by atoms with Gasteiger partial charge in [0.2, 0.25) is 0 Å². The van der Waals surface area contributed by atoms with Crippen LogP contribution in [0.5, 0.6) is 0 Å². The summed E-state index contributed by atoms with van der Waals surface area (Å²) in [6.45, 7) is 4.24. The highest BCUT2D eigenvalue weighted by Crippen LogP contribution is 2.30. The van der Waals surface area contributed by atoms with E-state index in [0.29, 0.717) is 29.3 Å². The van der Waals surface area contributed by atoms with Gasteiger partial charge in [0, 0.05) is 23.5 Å². The van der Waals surface area contributed by atoms with Crippen molar-refractivity contribution in [3.63, 3.8) is 0 Å². The molecule has 2 heterocycles. The Balaban J connectivity index is 1.49. The summed E-state index contributed by atoms with van der Waals surface area (Å²) in [5.74, 6) is -1.29. The number of hydrogen-bond donors (Lipinski definition) is 3. The number of esters is 1. The first-order chi connectivity index (χ1) is 16.6. The number of aliphatic imine (C=N–C) groups is 1. The van der Waals surface area contributed by atoms with Crippen molar-refractivity contribution in [1.82, 2.24) is 0 Å². The van der Waals surface area contributed by atoms with E-state index in [1.165, 1.54) is 12.0 Å². The smallest absolute Gasteiger partial charge is 0.315 e. The molecule has 10 nitrogen and oxygen atoms in total. The number of hydrogen-bond acceptors (Lipinski definition) is 8. The topological polar surface area (TPSA) is 144 Å². The molecular formula is C25H28N4O6. The molecule has 2 aliphatic heterocycles. The lowest BCUT2D eigenvalue weighted by Crippen LogP contribution is -2.55. The van der Waals surface area contributed by atoms with E-state index in [0.717, 1.165) is 11.1 Å². The fourth-order valence-corrected chi connectivity index (χ4v) is 4.19. The average molecular weight is 481 g/mol. The average Bonchev–Trinajstić information content (AvgIpc) is 3.23. The van der Waals surface area contributed by atoms with E-state index in [1.807, 2.05) is 0 Å². The second-order valence-electron chi connectivity index (χ2n) is 8.96. The molecule has 2 amide bonds. The molecule has 4 rings (SSSR count). The molecule has 2 atom stereocenters. The largest absolute Gasteiger partial charge is 0.468 e. The van der Waals surface area contributed by atoms with E-state index in [4.69, 9.17) is 15.2 Å². The molecule has 0 aliphatic carbocycles. The Morgan fingerprint density at radius 3 is 2.80 bits per heavy atom. The van der Waals surface area contributed by atoms with Gasteiger partial charge in [-0.3, -0.25) is 19.4 Å². The Morgan fingerprint density at radius 1 is 1.29 bits per heavy atom. The molecule has 2 aliphatic rings. The number of nitrogens with two attached hydrogens (primary N) is 1. The maximum absolute atomic E-state index is 13.2. The van der Waals surface area contributed by atoms with Crippen LogP contribution in [0.2, 0.25) is 0 Å². The third-order valence-electron chi connectivity index (χ3n) is 6.32. The number of amidine groups is 1. The highest BCUT2D eigenvalue weighted by Gasteiger charge is 2.40. The highest BCUT2D eigenvalue weighted by molar-refractivity contribution is 6.05. The number of aliphatic hydroxyl groups is 1. The van der Waals surface area contributed by atoms with Crippen molar-refractivity contribution in [3.05, 3.63) is 59.2 Å². The molecule has 35 heavy (non-hydrogen) atoms. The van der Waals surface area contributed by atoms with Crippen LogP contribution in [-0.2, 0) is 35.8 Å². The van der Waals surface area contributed by atoms with E-state index in [1.54, 1.807) is 56.3 Å². The van der Waals surface area contributed by atoms with Crippen molar-refractivity contribution in [2.75, 3.05) is 30.5 Å². The summed E-state index contributed by atoms with van der Waals surface area (Å²) in [6.07, 6.45) is -3.11. The van der Waals surface area contributed by atoms with Crippen LogP contribution in [0.1, 0.15) is 30.5 Å². The number of fused-ring (bicyclic) bond motifs is 1. The summed E-state index contributed by atoms with van der Waals surface area (Å²) in [5.41, 5.74) is 8.21. The third-order valence-corrected chi connectivity index (χ3v) is 6.32. The Hall–Kier alpha value is -3.76. The Labute approximate surface area is 202 Å². The predicted octanol–water partition coefficient (Wildman–Crippen LogP) is 1.09. The minimum atomic E-state index is -1.73. The number of anilines is 2. The number of aliphatic hydroxyl groups excluding tert-OH is 1. The number of rotatable bonds is 6. The van der Waals surface area contributed by atoms with E-state index in [9.17, 15) is 19.5 Å². The summed E-state index contributed by atoms with van der Waals surface area (Å²) in [6, 6.07) is 12.1. The van der Waals surface area contributed by atoms with Crippen LogP contribution in [0.25, 0.3) is 0 Å². The van der Waals surface area contributed by atoms with Gasteiger partial charge in [0.1, 0.15) is 5.84 Å². The van der Waals surface area contributed by atoms with E-state index in [-0.39, 0.29) is 13.2 Å². The fourth-order valence-electron chi connectivity index (χ4n) is 4.19. The second-order valence-corrected chi connectivity index (χ2v) is 8.96. The van der Waals surface area contributed by atoms with Crippen LogP contribution in [0, 0.1) is 0 Å². The fraction of sp³-hybridized carbons (Fsp3) is 0.360. The van der Waals surface area contributed by atoms with Gasteiger partial charge in [-0.2, -0.15) is 0 Å². The van der Waals surface area contributed by atoms with Crippen LogP contribution in [-0.4, -0.2) is 61.2 Å². The summed E-state index contributed by atoms with van der Waals surface area (Å²) < 4.78 is 10.4. The molecule has 184 valence electrons. The number of carbonyl (C=O) groups is 3. The summed E-state index contributed by atoms with van der Waals surface area (Å²) >= 11 is 0. The molecule has 0 bridgehead atoms. The van der Waals surface area contributed by atoms with Crippen molar-refractivity contribution in [3.8, 4) is 0 Å². The molecule has 0 spiro atoms. The zero-order valence-electron chi connectivity index (χ0n) is 19.8. The van der Waals surface area contributed by atoms with Gasteiger partial charge >= 0.3 is 5.97 Å². The molecule has 0 unspecified atom stereocenters. The van der Waals surface area contributed by atoms with Gasteiger partial charge < -0.3 is 30.5 Å². The molecule has 4 N–H and O–H groups in total. The lowest BCUT2D eigenvalue weighted by Gasteiger charge is -2.34. The van der Waals surface area contributed by atoms with Gasteiger partial charge in [-0.25, -0.2) is 0 Å². The number of morpholine rings is 1. The maximum Gasteiger partial charge on any atom is 0.315 e. The van der Waals surface area contributed by atoms with Gasteiger partial charge in [0.25, 0.3) is 11.8 Å². The second kappa shape index (κ2) is 9.47. The SMILES string of the molecule is COC(=O)C(C)(C)c1cccc(N2CCO[C@H]([C@@H](O)C(=O)Nc3ccc4c(c3)CN=C4N)C2=O)c1. The van der Waals surface area contributed by atoms with Gasteiger partial charge in [0.05, 0.1) is 25.7 Å². The zero-order valence-corrected chi connectivity index (χ0v) is 19.8. The van der Waals surface area contributed by atoms with E-state index < -0.39 is 35.4 Å². The number of nitrogens with one attached hydrogen (secondary N) is 1.